The number of benzene rings is 1. The maximum atomic E-state index is 13.6. The van der Waals surface area contributed by atoms with Crippen molar-refractivity contribution in [3.63, 3.8) is 0 Å². The largest absolute Gasteiger partial charge is 0.503 e. The second-order valence-corrected chi connectivity index (χ2v) is 9.52. The minimum absolute atomic E-state index is 0.134. The smallest absolute Gasteiger partial charge is 0.296 e. The topological polar surface area (TPSA) is 100 Å². The minimum Gasteiger partial charge on any atom is -0.503 e. The van der Waals surface area contributed by atoms with Gasteiger partial charge in [-0.15, -0.1) is 11.3 Å². The van der Waals surface area contributed by atoms with Crippen molar-refractivity contribution in [3.8, 4) is 0 Å². The number of aliphatic hydroxyl groups is 1. The summed E-state index contributed by atoms with van der Waals surface area (Å²) in [4.78, 5) is 49.0. The van der Waals surface area contributed by atoms with Crippen molar-refractivity contribution in [2.24, 2.45) is 0 Å². The summed E-state index contributed by atoms with van der Waals surface area (Å²) in [6, 6.07) is 4.28. The Morgan fingerprint density at radius 1 is 1.03 bits per heavy atom. The lowest BCUT2D eigenvalue weighted by atomic mass is 9.95. The molecule has 1 unspecified atom stereocenters. The minimum atomic E-state index is -1.04. The standard InChI is InChI=1S/C22H18FN3O4S2/c1-9-19(11(3)27)32-22(25-9)26-16(13-5-7-14(23)8-6-13)15(18(29)21(26)30)17(28)20-10(2)24-12(4)31-20/h5-8,16,29H,1-4H3. The van der Waals surface area contributed by atoms with Gasteiger partial charge in [-0.05, 0) is 38.5 Å². The number of Topliss-reactive ketones (excluding diaryl/α,β-unsaturated/α-hetero) is 2. The van der Waals surface area contributed by atoms with E-state index in [1.165, 1.54) is 47.4 Å². The number of aliphatic hydroxyl groups excluding tert-OH is 1. The Bertz CT molecular complexity index is 1310. The van der Waals surface area contributed by atoms with Crippen LogP contribution in [-0.4, -0.2) is 32.5 Å². The maximum absolute atomic E-state index is 13.6. The number of anilines is 1. The average molecular weight is 472 g/mol. The summed E-state index contributed by atoms with van der Waals surface area (Å²) in [5, 5.41) is 11.6. The number of nitrogens with zero attached hydrogens (tertiary/aromatic N) is 3. The lowest BCUT2D eigenvalue weighted by Gasteiger charge is -2.24. The van der Waals surface area contributed by atoms with E-state index in [2.05, 4.69) is 9.97 Å². The molecule has 1 atom stereocenters. The number of rotatable bonds is 5. The molecule has 0 saturated carbocycles. The molecule has 0 radical (unpaired) electrons. The van der Waals surface area contributed by atoms with Crippen LogP contribution >= 0.6 is 22.7 Å². The summed E-state index contributed by atoms with van der Waals surface area (Å²) in [6.45, 7) is 6.48. The molecule has 164 valence electrons. The highest BCUT2D eigenvalue weighted by Gasteiger charge is 2.46. The van der Waals surface area contributed by atoms with Crippen molar-refractivity contribution in [2.45, 2.75) is 33.7 Å². The number of ketones is 2. The van der Waals surface area contributed by atoms with E-state index in [9.17, 15) is 23.9 Å². The fourth-order valence-corrected chi connectivity index (χ4v) is 5.53. The molecule has 1 aliphatic heterocycles. The van der Waals surface area contributed by atoms with Crippen molar-refractivity contribution < 1.29 is 23.9 Å². The van der Waals surface area contributed by atoms with Crippen LogP contribution < -0.4 is 4.90 Å². The summed E-state index contributed by atoms with van der Waals surface area (Å²) in [5.74, 6) is -2.74. The van der Waals surface area contributed by atoms with E-state index in [0.29, 0.717) is 31.7 Å². The first-order chi connectivity index (χ1) is 15.1. The van der Waals surface area contributed by atoms with Gasteiger partial charge in [-0.1, -0.05) is 23.5 Å². The molecule has 4 rings (SSSR count). The highest BCUT2D eigenvalue weighted by molar-refractivity contribution is 7.17. The van der Waals surface area contributed by atoms with E-state index in [0.717, 1.165) is 11.3 Å². The molecule has 7 nitrogen and oxygen atoms in total. The van der Waals surface area contributed by atoms with Gasteiger partial charge in [-0.3, -0.25) is 19.3 Å². The first-order valence-electron chi connectivity index (χ1n) is 9.59. The van der Waals surface area contributed by atoms with Crippen LogP contribution in [-0.2, 0) is 4.79 Å². The zero-order chi connectivity index (χ0) is 23.3. The zero-order valence-electron chi connectivity index (χ0n) is 17.6. The summed E-state index contributed by atoms with van der Waals surface area (Å²) in [5.41, 5.74) is 1.22. The molecule has 1 aromatic carbocycles. The van der Waals surface area contributed by atoms with Crippen molar-refractivity contribution in [1.82, 2.24) is 9.97 Å². The molecule has 10 heteroatoms. The second kappa shape index (κ2) is 8.03. The van der Waals surface area contributed by atoms with Gasteiger partial charge in [0.25, 0.3) is 5.91 Å². The first kappa shape index (κ1) is 22.0. The van der Waals surface area contributed by atoms with E-state index in [-0.39, 0.29) is 16.5 Å². The van der Waals surface area contributed by atoms with Crippen molar-refractivity contribution in [2.75, 3.05) is 4.90 Å². The molecule has 2 aromatic heterocycles. The van der Waals surface area contributed by atoms with E-state index in [4.69, 9.17) is 0 Å². The van der Waals surface area contributed by atoms with Crippen LogP contribution in [0.4, 0.5) is 9.52 Å². The van der Waals surface area contributed by atoms with Crippen LogP contribution in [0.25, 0.3) is 0 Å². The predicted octanol–water partition coefficient (Wildman–Crippen LogP) is 4.65. The van der Waals surface area contributed by atoms with Crippen LogP contribution in [0, 0.1) is 26.6 Å². The third-order valence-electron chi connectivity index (χ3n) is 5.06. The van der Waals surface area contributed by atoms with Gasteiger partial charge >= 0.3 is 0 Å². The molecule has 1 amide bonds. The Kier molecular flexibility index (Phi) is 5.51. The monoisotopic (exact) mass is 471 g/mol. The van der Waals surface area contributed by atoms with Crippen molar-refractivity contribution in [1.29, 1.82) is 0 Å². The lowest BCUT2D eigenvalue weighted by molar-refractivity contribution is -0.117. The number of hydrogen-bond donors (Lipinski definition) is 1. The lowest BCUT2D eigenvalue weighted by Crippen LogP contribution is -2.31. The summed E-state index contributed by atoms with van der Waals surface area (Å²) < 4.78 is 13.6. The Morgan fingerprint density at radius 3 is 2.19 bits per heavy atom. The molecule has 0 fully saturated rings. The van der Waals surface area contributed by atoms with Gasteiger partial charge in [0.2, 0.25) is 5.78 Å². The molecule has 0 bridgehead atoms. The predicted molar refractivity (Wildman–Crippen MR) is 119 cm³/mol. The second-order valence-electron chi connectivity index (χ2n) is 7.34. The van der Waals surface area contributed by atoms with Crippen LogP contribution in [0.3, 0.4) is 0 Å². The van der Waals surface area contributed by atoms with Crippen LogP contribution in [0.15, 0.2) is 35.6 Å². The van der Waals surface area contributed by atoms with Gasteiger partial charge in [-0.2, -0.15) is 0 Å². The first-order valence-corrected chi connectivity index (χ1v) is 11.2. The van der Waals surface area contributed by atoms with Crippen LogP contribution in [0.2, 0.25) is 0 Å². The SMILES string of the molecule is CC(=O)c1sc(N2C(=O)C(O)=C(C(=O)c3sc(C)nc3C)C2c2ccc(F)cc2)nc1C. The highest BCUT2D eigenvalue weighted by Crippen LogP contribution is 2.44. The average Bonchev–Trinajstić information content (AvgIpc) is 3.36. The Balaban J connectivity index is 1.90. The number of aryl methyl sites for hydroxylation is 3. The van der Waals surface area contributed by atoms with E-state index in [1.807, 2.05) is 0 Å². The third-order valence-corrected chi connectivity index (χ3v) is 7.39. The number of amides is 1. The molecule has 3 heterocycles. The molecule has 1 aliphatic rings. The number of hydrogen-bond acceptors (Lipinski definition) is 8. The molecule has 0 aliphatic carbocycles. The molecular formula is C22H18FN3O4S2. The zero-order valence-corrected chi connectivity index (χ0v) is 19.2. The Morgan fingerprint density at radius 2 is 1.66 bits per heavy atom. The van der Waals surface area contributed by atoms with E-state index in [1.54, 1.807) is 20.8 Å². The third kappa shape index (κ3) is 3.55. The molecular weight excluding hydrogens is 453 g/mol. The van der Waals surface area contributed by atoms with Crippen molar-refractivity contribution >= 4 is 45.3 Å². The van der Waals surface area contributed by atoms with Gasteiger partial charge in [0.15, 0.2) is 16.7 Å². The van der Waals surface area contributed by atoms with E-state index >= 15 is 0 Å². The van der Waals surface area contributed by atoms with Gasteiger partial charge in [0.1, 0.15) is 5.82 Å². The number of carbonyl (C=O) groups is 3. The molecule has 32 heavy (non-hydrogen) atoms. The fourth-order valence-electron chi connectivity index (χ4n) is 3.67. The van der Waals surface area contributed by atoms with Crippen molar-refractivity contribution in [3.05, 3.63) is 73.1 Å². The maximum Gasteiger partial charge on any atom is 0.296 e. The molecule has 3 aromatic rings. The quantitative estimate of drug-likeness (QED) is 0.544. The normalized spacial score (nSPS) is 16.2. The Hall–Kier alpha value is -3.24. The molecule has 0 saturated heterocycles. The fraction of sp³-hybridized carbons (Fsp3) is 0.227. The van der Waals surface area contributed by atoms with Gasteiger partial charge in [0.05, 0.1) is 37.8 Å². The Labute approximate surface area is 190 Å². The van der Waals surface area contributed by atoms with Gasteiger partial charge < -0.3 is 5.11 Å². The van der Waals surface area contributed by atoms with E-state index < -0.39 is 29.3 Å². The number of carbonyl (C=O) groups excluding carboxylic acids is 3. The van der Waals surface area contributed by atoms with Gasteiger partial charge in [-0.25, -0.2) is 14.4 Å². The van der Waals surface area contributed by atoms with Crippen LogP contribution in [0.5, 0.6) is 0 Å². The molecule has 1 N–H and O–H groups in total. The molecule has 0 spiro atoms. The summed E-state index contributed by atoms with van der Waals surface area (Å²) in [7, 11) is 0. The van der Waals surface area contributed by atoms with Crippen LogP contribution in [0.1, 0.15) is 54.3 Å². The summed E-state index contributed by atoms with van der Waals surface area (Å²) >= 11 is 2.17. The highest BCUT2D eigenvalue weighted by atomic mass is 32.1. The summed E-state index contributed by atoms with van der Waals surface area (Å²) in [6.07, 6.45) is 0. The van der Waals surface area contributed by atoms with Gasteiger partial charge in [0, 0.05) is 6.92 Å². The number of thiazole rings is 2. The number of halogens is 1. The number of aromatic nitrogens is 2.